The van der Waals surface area contributed by atoms with Crippen LogP contribution in [0.25, 0.3) is 0 Å². The molecule has 1 heterocycles. The molecule has 0 radical (unpaired) electrons. The van der Waals surface area contributed by atoms with Gasteiger partial charge in [-0.3, -0.25) is 0 Å². The average molecular weight is 255 g/mol. The Morgan fingerprint density at radius 1 is 0.889 bits per heavy atom. The molecule has 1 N–H and O–H groups in total. The van der Waals surface area contributed by atoms with Crippen LogP contribution >= 0.6 is 0 Å². The summed E-state index contributed by atoms with van der Waals surface area (Å²) in [5.41, 5.74) is 0. The van der Waals surface area contributed by atoms with Crippen molar-refractivity contribution in [1.82, 2.24) is 15.1 Å². The first-order valence-electron chi connectivity index (χ1n) is 7.76. The fourth-order valence-electron chi connectivity index (χ4n) is 2.56. The zero-order valence-electron chi connectivity index (χ0n) is 12.9. The Morgan fingerprint density at radius 3 is 2.06 bits per heavy atom. The molecule has 108 valence electrons. The van der Waals surface area contributed by atoms with Crippen molar-refractivity contribution in [2.45, 2.75) is 46.6 Å². The summed E-state index contributed by atoms with van der Waals surface area (Å²) in [6, 6.07) is 0.629. The summed E-state index contributed by atoms with van der Waals surface area (Å²) in [6.45, 7) is 17.9. The minimum Gasteiger partial charge on any atom is -0.315 e. The number of nitrogens with zero attached hydrogens (tertiary/aromatic N) is 2. The molecule has 0 spiro atoms. The quantitative estimate of drug-likeness (QED) is 0.670. The Kier molecular flexibility index (Phi) is 7.87. The van der Waals surface area contributed by atoms with Gasteiger partial charge in [0.15, 0.2) is 0 Å². The van der Waals surface area contributed by atoms with E-state index in [9.17, 15) is 0 Å². The second kappa shape index (κ2) is 8.89. The summed E-state index contributed by atoms with van der Waals surface area (Å²) in [5, 5.41) is 3.49. The van der Waals surface area contributed by atoms with E-state index in [1.807, 2.05) is 0 Å². The van der Waals surface area contributed by atoms with Crippen LogP contribution in [0.15, 0.2) is 0 Å². The number of unbranched alkanes of at least 4 members (excludes halogenated alkanes) is 1. The number of hydrogen-bond donors (Lipinski definition) is 1. The Labute approximate surface area is 114 Å². The fourth-order valence-corrected chi connectivity index (χ4v) is 2.56. The van der Waals surface area contributed by atoms with Gasteiger partial charge in [0.1, 0.15) is 0 Å². The Balaban J connectivity index is 1.98. The molecule has 1 aliphatic rings. The van der Waals surface area contributed by atoms with E-state index in [0.29, 0.717) is 6.04 Å². The molecule has 0 aromatic rings. The largest absolute Gasteiger partial charge is 0.315 e. The Hall–Kier alpha value is -0.120. The van der Waals surface area contributed by atoms with Crippen LogP contribution in [-0.4, -0.2) is 61.7 Å². The second-order valence-corrected chi connectivity index (χ2v) is 6.35. The van der Waals surface area contributed by atoms with Gasteiger partial charge >= 0.3 is 0 Å². The molecular weight excluding hydrogens is 222 g/mol. The number of hydrogen-bond acceptors (Lipinski definition) is 3. The van der Waals surface area contributed by atoms with Gasteiger partial charge in [-0.05, 0) is 31.8 Å². The standard InChI is InChI=1S/C15H33N3/c1-14(2)13-18-11-9-17(10-12-18)8-6-5-7-16-15(3)4/h14-16H,5-13H2,1-4H3. The minimum absolute atomic E-state index is 0.629. The maximum atomic E-state index is 3.49. The van der Waals surface area contributed by atoms with E-state index in [1.165, 1.54) is 58.7 Å². The van der Waals surface area contributed by atoms with Crippen LogP contribution in [0.4, 0.5) is 0 Å². The molecule has 18 heavy (non-hydrogen) atoms. The Bertz CT molecular complexity index is 196. The fraction of sp³-hybridized carbons (Fsp3) is 1.00. The van der Waals surface area contributed by atoms with Gasteiger partial charge in [-0.25, -0.2) is 0 Å². The molecule has 0 bridgehead atoms. The van der Waals surface area contributed by atoms with Gasteiger partial charge in [0.2, 0.25) is 0 Å². The molecule has 0 unspecified atom stereocenters. The third-order valence-corrected chi connectivity index (χ3v) is 3.54. The summed E-state index contributed by atoms with van der Waals surface area (Å²) in [6.07, 6.45) is 2.65. The summed E-state index contributed by atoms with van der Waals surface area (Å²) >= 11 is 0. The highest BCUT2D eigenvalue weighted by molar-refractivity contribution is 4.72. The van der Waals surface area contributed by atoms with Gasteiger partial charge < -0.3 is 15.1 Å². The van der Waals surface area contributed by atoms with Crippen LogP contribution in [-0.2, 0) is 0 Å². The molecule has 0 saturated carbocycles. The maximum absolute atomic E-state index is 3.49. The third kappa shape index (κ3) is 7.34. The Morgan fingerprint density at radius 2 is 1.50 bits per heavy atom. The predicted octanol–water partition coefficient (Wildman–Crippen LogP) is 2.04. The highest BCUT2D eigenvalue weighted by atomic mass is 15.3. The average Bonchev–Trinajstić information content (AvgIpc) is 2.30. The molecule has 1 aliphatic heterocycles. The van der Waals surface area contributed by atoms with Gasteiger partial charge in [0.25, 0.3) is 0 Å². The summed E-state index contributed by atoms with van der Waals surface area (Å²) in [7, 11) is 0. The van der Waals surface area contributed by atoms with Crippen molar-refractivity contribution in [1.29, 1.82) is 0 Å². The normalized spacial score (nSPS) is 19.0. The lowest BCUT2D eigenvalue weighted by Gasteiger charge is -2.35. The lowest BCUT2D eigenvalue weighted by atomic mass is 10.2. The molecule has 0 aliphatic carbocycles. The zero-order chi connectivity index (χ0) is 13.4. The van der Waals surface area contributed by atoms with Crippen molar-refractivity contribution in [3.63, 3.8) is 0 Å². The summed E-state index contributed by atoms with van der Waals surface area (Å²) < 4.78 is 0. The van der Waals surface area contributed by atoms with Crippen LogP contribution in [0.3, 0.4) is 0 Å². The van der Waals surface area contributed by atoms with E-state index >= 15 is 0 Å². The van der Waals surface area contributed by atoms with E-state index in [2.05, 4.69) is 42.8 Å². The van der Waals surface area contributed by atoms with Crippen LogP contribution in [0.5, 0.6) is 0 Å². The number of nitrogens with one attached hydrogen (secondary N) is 1. The lowest BCUT2D eigenvalue weighted by Crippen LogP contribution is -2.47. The van der Waals surface area contributed by atoms with Crippen molar-refractivity contribution in [3.8, 4) is 0 Å². The monoisotopic (exact) mass is 255 g/mol. The first-order valence-corrected chi connectivity index (χ1v) is 7.76. The topological polar surface area (TPSA) is 18.5 Å². The predicted molar refractivity (Wildman–Crippen MR) is 80.1 cm³/mol. The summed E-state index contributed by atoms with van der Waals surface area (Å²) in [4.78, 5) is 5.24. The highest BCUT2D eigenvalue weighted by Crippen LogP contribution is 2.06. The van der Waals surface area contributed by atoms with E-state index in [4.69, 9.17) is 0 Å². The van der Waals surface area contributed by atoms with Crippen molar-refractivity contribution < 1.29 is 0 Å². The molecule has 0 aromatic carbocycles. The van der Waals surface area contributed by atoms with Crippen molar-refractivity contribution in [3.05, 3.63) is 0 Å². The number of piperazine rings is 1. The minimum atomic E-state index is 0.629. The van der Waals surface area contributed by atoms with Crippen molar-refractivity contribution in [2.75, 3.05) is 45.8 Å². The van der Waals surface area contributed by atoms with E-state index in [-0.39, 0.29) is 0 Å². The van der Waals surface area contributed by atoms with Crippen LogP contribution in [0.2, 0.25) is 0 Å². The molecule has 0 atom stereocenters. The van der Waals surface area contributed by atoms with Gasteiger partial charge in [-0.2, -0.15) is 0 Å². The van der Waals surface area contributed by atoms with Gasteiger partial charge in [-0.15, -0.1) is 0 Å². The summed E-state index contributed by atoms with van der Waals surface area (Å²) in [5.74, 6) is 0.804. The third-order valence-electron chi connectivity index (χ3n) is 3.54. The smallest absolute Gasteiger partial charge is 0.0110 e. The van der Waals surface area contributed by atoms with Gasteiger partial charge in [-0.1, -0.05) is 27.7 Å². The molecule has 0 amide bonds. The molecule has 1 rings (SSSR count). The van der Waals surface area contributed by atoms with Gasteiger partial charge in [0.05, 0.1) is 0 Å². The first kappa shape index (κ1) is 15.9. The van der Waals surface area contributed by atoms with Crippen LogP contribution in [0.1, 0.15) is 40.5 Å². The second-order valence-electron chi connectivity index (χ2n) is 6.35. The maximum Gasteiger partial charge on any atom is 0.0110 e. The van der Waals surface area contributed by atoms with E-state index in [1.54, 1.807) is 0 Å². The molecule has 1 fully saturated rings. The molecule has 3 heteroatoms. The molecule has 3 nitrogen and oxygen atoms in total. The van der Waals surface area contributed by atoms with E-state index < -0.39 is 0 Å². The molecule has 0 aromatic heterocycles. The molecular formula is C15H33N3. The number of rotatable bonds is 8. The first-order chi connectivity index (χ1) is 8.58. The van der Waals surface area contributed by atoms with Gasteiger partial charge in [0, 0.05) is 38.8 Å². The highest BCUT2D eigenvalue weighted by Gasteiger charge is 2.16. The van der Waals surface area contributed by atoms with Crippen molar-refractivity contribution >= 4 is 0 Å². The molecule has 1 saturated heterocycles. The lowest BCUT2D eigenvalue weighted by molar-refractivity contribution is 0.121. The van der Waals surface area contributed by atoms with Crippen LogP contribution in [0, 0.1) is 5.92 Å². The van der Waals surface area contributed by atoms with Crippen LogP contribution < -0.4 is 5.32 Å². The zero-order valence-corrected chi connectivity index (χ0v) is 12.9. The van der Waals surface area contributed by atoms with Crippen molar-refractivity contribution in [2.24, 2.45) is 5.92 Å². The SMILES string of the molecule is CC(C)CN1CCN(CCCCNC(C)C)CC1. The van der Waals surface area contributed by atoms with E-state index in [0.717, 1.165) is 5.92 Å².